The number of esters is 1. The van der Waals surface area contributed by atoms with Crippen LogP contribution in [0, 0.1) is 0 Å². The quantitative estimate of drug-likeness (QED) is 0.0233. The summed E-state index contributed by atoms with van der Waals surface area (Å²) in [6, 6.07) is -1.48. The van der Waals surface area contributed by atoms with E-state index in [-0.39, 0.29) is 13.0 Å². The highest BCUT2D eigenvalue weighted by atomic mass is 31.2. The summed E-state index contributed by atoms with van der Waals surface area (Å²) in [5, 5.41) is 8.93. The number of carboxylic acids is 1. The minimum absolute atomic E-state index is 0.0112. The number of nitrogens with two attached hydrogens (primary N) is 1. The zero-order chi connectivity index (χ0) is 46.2. The van der Waals surface area contributed by atoms with Crippen LogP contribution in [0.5, 0.6) is 0 Å². The lowest BCUT2D eigenvalue weighted by Gasteiger charge is -2.20. The van der Waals surface area contributed by atoms with Gasteiger partial charge >= 0.3 is 19.8 Å². The van der Waals surface area contributed by atoms with Crippen molar-refractivity contribution in [3.05, 3.63) is 60.8 Å². The van der Waals surface area contributed by atoms with Crippen molar-refractivity contribution in [3.8, 4) is 0 Å². The van der Waals surface area contributed by atoms with Gasteiger partial charge in [-0.15, -0.1) is 0 Å². The minimum atomic E-state index is -4.62. The molecule has 0 aromatic heterocycles. The predicted molar refractivity (Wildman–Crippen MR) is 263 cm³/mol. The second-order valence-electron chi connectivity index (χ2n) is 16.9. The molecule has 0 aliphatic rings. The Hall–Kier alpha value is -2.33. The van der Waals surface area contributed by atoms with Crippen molar-refractivity contribution in [2.45, 2.75) is 231 Å². The third-order valence-electron chi connectivity index (χ3n) is 10.8. The van der Waals surface area contributed by atoms with Gasteiger partial charge in [-0.2, -0.15) is 0 Å². The zero-order valence-corrected chi connectivity index (χ0v) is 41.1. The Bertz CT molecular complexity index is 1230. The molecule has 0 aliphatic heterocycles. The summed E-state index contributed by atoms with van der Waals surface area (Å²) in [5.41, 5.74) is 5.37. The number of rotatable bonds is 48. The molecule has 0 saturated heterocycles. The van der Waals surface area contributed by atoms with Crippen molar-refractivity contribution < 1.29 is 42.7 Å². The van der Waals surface area contributed by atoms with Gasteiger partial charge in [0.25, 0.3) is 0 Å². The Labute approximate surface area is 385 Å². The summed E-state index contributed by atoms with van der Waals surface area (Å²) in [6.07, 6.45) is 58.4. The van der Waals surface area contributed by atoms with E-state index in [1.165, 1.54) is 122 Å². The van der Waals surface area contributed by atoms with Gasteiger partial charge in [-0.1, -0.05) is 216 Å². The number of ether oxygens (including phenoxy) is 2. The Morgan fingerprint density at radius 2 is 0.921 bits per heavy atom. The Balaban J connectivity index is 4.15. The number of hydrogen-bond acceptors (Lipinski definition) is 8. The van der Waals surface area contributed by atoms with Crippen LogP contribution in [0.15, 0.2) is 60.8 Å². The van der Waals surface area contributed by atoms with E-state index in [1.807, 2.05) is 0 Å². The van der Waals surface area contributed by atoms with Crippen LogP contribution in [-0.2, 0) is 32.7 Å². The van der Waals surface area contributed by atoms with Crippen LogP contribution in [0.2, 0.25) is 0 Å². The van der Waals surface area contributed by atoms with Gasteiger partial charge in [0.1, 0.15) is 12.1 Å². The van der Waals surface area contributed by atoms with Crippen LogP contribution >= 0.6 is 7.82 Å². The number of carbonyl (C=O) groups is 2. The van der Waals surface area contributed by atoms with Crippen molar-refractivity contribution in [2.24, 2.45) is 5.73 Å². The van der Waals surface area contributed by atoms with Gasteiger partial charge in [-0.25, -0.2) is 4.57 Å². The third kappa shape index (κ3) is 47.5. The highest BCUT2D eigenvalue weighted by molar-refractivity contribution is 7.47. The van der Waals surface area contributed by atoms with Gasteiger partial charge < -0.3 is 25.2 Å². The summed E-state index contributed by atoms with van der Waals surface area (Å²) >= 11 is 0. The summed E-state index contributed by atoms with van der Waals surface area (Å²) in [5.74, 6) is -1.78. The molecule has 63 heavy (non-hydrogen) atoms. The van der Waals surface area contributed by atoms with Gasteiger partial charge in [0, 0.05) is 13.0 Å². The normalized spacial score (nSPS) is 14.2. The van der Waals surface area contributed by atoms with E-state index in [0.29, 0.717) is 13.0 Å². The van der Waals surface area contributed by atoms with E-state index in [2.05, 4.69) is 74.6 Å². The average molecular weight is 908 g/mol. The number of unbranched alkanes of at least 4 members (excludes halogenated alkanes) is 24. The lowest BCUT2D eigenvalue weighted by Crippen LogP contribution is -2.34. The standard InChI is InChI=1S/C52H94NO9P/c1-3-5-7-9-11-13-15-17-19-21-22-23-24-25-26-27-29-31-33-35-37-39-41-43-45-59-46-49(47-60-63(57,58)61-48-50(53)52(55)56)62-51(54)44-42-40-38-36-34-32-30-28-20-18-16-14-12-10-8-6-4-2/h5,7,11,13,17,19,22-23,25-26,49-50H,3-4,6,8-10,12,14-16,18,20-21,24,27-48,53H2,1-2H3,(H,55,56)(H,57,58)/b7-5-,13-11-,19-17-,23-22-,26-25-. The highest BCUT2D eigenvalue weighted by Gasteiger charge is 2.27. The molecule has 0 heterocycles. The van der Waals surface area contributed by atoms with E-state index in [0.717, 1.165) is 70.6 Å². The largest absolute Gasteiger partial charge is 0.480 e. The number of hydrogen-bond donors (Lipinski definition) is 3. The van der Waals surface area contributed by atoms with Crippen LogP contribution in [0.4, 0.5) is 0 Å². The zero-order valence-electron chi connectivity index (χ0n) is 40.2. The second-order valence-corrected chi connectivity index (χ2v) is 18.4. The maximum Gasteiger partial charge on any atom is 0.472 e. The topological polar surface area (TPSA) is 155 Å². The average Bonchev–Trinajstić information content (AvgIpc) is 3.26. The molecule has 3 atom stereocenters. The molecule has 0 aromatic rings. The molecule has 0 rings (SSSR count). The predicted octanol–water partition coefficient (Wildman–Crippen LogP) is 14.8. The van der Waals surface area contributed by atoms with Crippen molar-refractivity contribution in [3.63, 3.8) is 0 Å². The van der Waals surface area contributed by atoms with E-state index in [4.69, 9.17) is 29.4 Å². The van der Waals surface area contributed by atoms with Gasteiger partial charge in [0.05, 0.1) is 19.8 Å². The van der Waals surface area contributed by atoms with Crippen LogP contribution < -0.4 is 5.73 Å². The summed E-state index contributed by atoms with van der Waals surface area (Å²) in [4.78, 5) is 33.7. The molecule has 4 N–H and O–H groups in total. The molecule has 0 aliphatic carbocycles. The van der Waals surface area contributed by atoms with Crippen LogP contribution in [0.25, 0.3) is 0 Å². The lowest BCUT2D eigenvalue weighted by atomic mass is 10.0. The van der Waals surface area contributed by atoms with E-state index in [9.17, 15) is 19.0 Å². The highest BCUT2D eigenvalue weighted by Crippen LogP contribution is 2.43. The Morgan fingerprint density at radius 1 is 0.524 bits per heavy atom. The smallest absolute Gasteiger partial charge is 0.472 e. The van der Waals surface area contributed by atoms with Crippen LogP contribution in [-0.4, -0.2) is 60.5 Å². The molecular formula is C52H94NO9P. The summed E-state index contributed by atoms with van der Waals surface area (Å²) < 4.78 is 33.5. The molecule has 0 aromatic carbocycles. The first kappa shape index (κ1) is 60.7. The maximum atomic E-state index is 12.7. The molecule has 0 saturated carbocycles. The Morgan fingerprint density at radius 3 is 1.38 bits per heavy atom. The van der Waals surface area contributed by atoms with Crippen LogP contribution in [0.3, 0.4) is 0 Å². The van der Waals surface area contributed by atoms with Gasteiger partial charge in [0.2, 0.25) is 0 Å². The first-order valence-electron chi connectivity index (χ1n) is 25.3. The van der Waals surface area contributed by atoms with E-state index in [1.54, 1.807) is 0 Å². The third-order valence-corrected chi connectivity index (χ3v) is 11.8. The molecular weight excluding hydrogens is 814 g/mol. The molecule has 366 valence electrons. The minimum Gasteiger partial charge on any atom is -0.480 e. The first-order valence-corrected chi connectivity index (χ1v) is 26.8. The number of phosphoric ester groups is 1. The van der Waals surface area contributed by atoms with E-state index >= 15 is 0 Å². The number of allylic oxidation sites excluding steroid dienone is 10. The fourth-order valence-corrected chi connectivity index (χ4v) is 7.70. The molecule has 0 spiro atoms. The monoisotopic (exact) mass is 908 g/mol. The first-order chi connectivity index (χ1) is 30.7. The van der Waals surface area contributed by atoms with Gasteiger partial charge in [-0.3, -0.25) is 18.6 Å². The van der Waals surface area contributed by atoms with Crippen molar-refractivity contribution in [2.75, 3.05) is 26.4 Å². The van der Waals surface area contributed by atoms with Crippen molar-refractivity contribution in [1.29, 1.82) is 0 Å². The molecule has 11 heteroatoms. The van der Waals surface area contributed by atoms with Gasteiger partial charge in [-0.05, 0) is 57.8 Å². The van der Waals surface area contributed by atoms with Crippen molar-refractivity contribution in [1.82, 2.24) is 0 Å². The molecule has 0 fully saturated rings. The van der Waals surface area contributed by atoms with E-state index < -0.39 is 45.1 Å². The second kappa shape index (κ2) is 47.6. The lowest BCUT2D eigenvalue weighted by molar-refractivity contribution is -0.154. The number of carboxylic acid groups (broad SMARTS) is 1. The molecule has 10 nitrogen and oxygen atoms in total. The molecule has 0 radical (unpaired) electrons. The number of phosphoric acid groups is 1. The van der Waals surface area contributed by atoms with Crippen molar-refractivity contribution >= 4 is 19.8 Å². The Kier molecular flexibility index (Phi) is 45.9. The fourth-order valence-electron chi connectivity index (χ4n) is 6.93. The van der Waals surface area contributed by atoms with Gasteiger partial charge in [0.15, 0.2) is 0 Å². The summed E-state index contributed by atoms with van der Waals surface area (Å²) in [6.45, 7) is 3.77. The SMILES string of the molecule is CC/C=C\C/C=C\C/C=C\C/C=C\C/C=C\CCCCCCCCCCOCC(COP(=O)(O)OCC(N)C(=O)O)OC(=O)CCCCCCCCCCCCCCCCCCC. The molecule has 0 amide bonds. The number of carbonyl (C=O) groups excluding carboxylic acids is 1. The summed E-state index contributed by atoms with van der Waals surface area (Å²) in [7, 11) is -4.62. The fraction of sp³-hybridized carbons (Fsp3) is 0.769. The molecule has 3 unspecified atom stereocenters. The maximum absolute atomic E-state index is 12.7. The molecule has 0 bridgehead atoms. The van der Waals surface area contributed by atoms with Crippen LogP contribution in [0.1, 0.15) is 219 Å². The number of aliphatic carboxylic acids is 1.